The third-order valence-electron chi connectivity index (χ3n) is 8.09. The van der Waals surface area contributed by atoms with Crippen molar-refractivity contribution in [3.63, 3.8) is 0 Å². The SMILES string of the molecule is CCC(c1ccccc1OC(=O)c1ccc(C=O)cc1)[Si](C)(C)O[C@@](C)(CC)[Si](C)(C)c1ccccc1O. The maximum atomic E-state index is 13.0. The lowest BCUT2D eigenvalue weighted by atomic mass is 10.1. The molecule has 3 rings (SSSR count). The monoisotopic (exact) mass is 548 g/mol. The Morgan fingerprint density at radius 1 is 0.947 bits per heavy atom. The van der Waals surface area contributed by atoms with E-state index < -0.39 is 27.6 Å². The van der Waals surface area contributed by atoms with Crippen molar-refractivity contribution in [1.29, 1.82) is 0 Å². The molecule has 7 heteroatoms. The average molecular weight is 549 g/mol. The summed E-state index contributed by atoms with van der Waals surface area (Å²) in [4.78, 5) is 23.9. The number of phenolic OH excluding ortho intramolecular Hbond substituents is 1. The molecular weight excluding hydrogens is 509 g/mol. The van der Waals surface area contributed by atoms with Crippen molar-refractivity contribution in [1.82, 2.24) is 0 Å². The van der Waals surface area contributed by atoms with Crippen LogP contribution in [0.15, 0.2) is 72.8 Å². The molecule has 0 spiro atoms. The van der Waals surface area contributed by atoms with E-state index in [0.717, 1.165) is 29.9 Å². The molecule has 3 aromatic rings. The quantitative estimate of drug-likeness (QED) is 0.121. The maximum Gasteiger partial charge on any atom is 0.343 e. The fraction of sp³-hybridized carbons (Fsp3) is 0.355. The lowest BCUT2D eigenvalue weighted by Gasteiger charge is -2.49. The summed E-state index contributed by atoms with van der Waals surface area (Å²) in [6.07, 6.45) is 2.40. The first-order chi connectivity index (χ1) is 17.9. The topological polar surface area (TPSA) is 72.8 Å². The van der Waals surface area contributed by atoms with E-state index in [-0.39, 0.29) is 5.54 Å². The van der Waals surface area contributed by atoms with Crippen molar-refractivity contribution in [3.05, 3.63) is 89.5 Å². The summed E-state index contributed by atoms with van der Waals surface area (Å²) in [5, 5.41) is 11.3. The highest BCUT2D eigenvalue weighted by atomic mass is 28.4. The molecule has 38 heavy (non-hydrogen) atoms. The van der Waals surface area contributed by atoms with E-state index in [0.29, 0.717) is 22.6 Å². The number of aromatic hydroxyl groups is 1. The molecule has 0 aliphatic heterocycles. The van der Waals surface area contributed by atoms with Gasteiger partial charge in [-0.2, -0.15) is 0 Å². The number of phenols is 1. The minimum Gasteiger partial charge on any atom is -0.508 e. The standard InChI is InChI=1S/C31H40O5Si2/c1-8-28(25-14-10-12-16-27(25)35-30(34)24-20-18-23(22-32)19-21-24)38(6,7)36-31(3,9-2)37(4,5)29-17-13-11-15-26(29)33/h10-22,28,33H,8-9H2,1-7H3/t28?,31-/m1/s1. The van der Waals surface area contributed by atoms with E-state index in [4.69, 9.17) is 9.16 Å². The average Bonchev–Trinajstić information content (AvgIpc) is 2.89. The highest BCUT2D eigenvalue weighted by molar-refractivity contribution is 6.93. The zero-order valence-corrected chi connectivity index (χ0v) is 25.6. The van der Waals surface area contributed by atoms with Gasteiger partial charge in [0.15, 0.2) is 8.32 Å². The van der Waals surface area contributed by atoms with Gasteiger partial charge in [-0.05, 0) is 67.9 Å². The van der Waals surface area contributed by atoms with Crippen molar-refractivity contribution in [2.24, 2.45) is 0 Å². The van der Waals surface area contributed by atoms with Crippen LogP contribution in [-0.2, 0) is 4.43 Å². The molecule has 1 N–H and O–H groups in total. The smallest absolute Gasteiger partial charge is 0.343 e. The summed E-state index contributed by atoms with van der Waals surface area (Å²) in [6, 6.07) is 21.7. The Balaban J connectivity index is 1.94. The van der Waals surface area contributed by atoms with Crippen LogP contribution < -0.4 is 9.92 Å². The Morgan fingerprint density at radius 2 is 1.55 bits per heavy atom. The number of ether oxygens (including phenoxy) is 1. The summed E-state index contributed by atoms with van der Waals surface area (Å²) >= 11 is 0. The number of aldehydes is 1. The summed E-state index contributed by atoms with van der Waals surface area (Å²) in [6.45, 7) is 15.5. The molecule has 0 heterocycles. The second-order valence-electron chi connectivity index (χ2n) is 11.1. The lowest BCUT2D eigenvalue weighted by Crippen LogP contribution is -2.65. The highest BCUT2D eigenvalue weighted by Gasteiger charge is 2.50. The van der Waals surface area contributed by atoms with E-state index in [1.165, 1.54) is 0 Å². The first kappa shape index (κ1) is 29.5. The first-order valence-corrected chi connectivity index (χ1v) is 19.2. The Labute approximate surface area is 229 Å². The molecule has 0 fully saturated rings. The van der Waals surface area contributed by atoms with Gasteiger partial charge in [0.05, 0.1) is 5.56 Å². The van der Waals surface area contributed by atoms with Crippen LogP contribution in [0.5, 0.6) is 11.5 Å². The third kappa shape index (κ3) is 6.00. The van der Waals surface area contributed by atoms with Crippen molar-refractivity contribution >= 4 is 33.8 Å². The molecule has 0 aromatic heterocycles. The van der Waals surface area contributed by atoms with Gasteiger partial charge in [0.25, 0.3) is 0 Å². The molecule has 202 valence electrons. The van der Waals surface area contributed by atoms with Gasteiger partial charge in [0.1, 0.15) is 25.9 Å². The van der Waals surface area contributed by atoms with Crippen molar-refractivity contribution in [3.8, 4) is 11.5 Å². The number of rotatable bonds is 11. The normalized spacial score (nSPS) is 14.4. The molecule has 5 nitrogen and oxygen atoms in total. The predicted molar refractivity (Wildman–Crippen MR) is 159 cm³/mol. The number of para-hydroxylation sites is 2. The van der Waals surface area contributed by atoms with Crippen LogP contribution in [0.1, 0.15) is 65.4 Å². The van der Waals surface area contributed by atoms with Gasteiger partial charge in [-0.15, -0.1) is 0 Å². The molecule has 0 amide bonds. The Hall–Kier alpha value is -3.01. The van der Waals surface area contributed by atoms with E-state index in [2.05, 4.69) is 47.0 Å². The summed E-state index contributed by atoms with van der Waals surface area (Å²) in [7, 11) is -4.73. The van der Waals surface area contributed by atoms with Gasteiger partial charge in [-0.3, -0.25) is 4.79 Å². The predicted octanol–water partition coefficient (Wildman–Crippen LogP) is 7.00. The minimum atomic E-state index is -2.44. The molecule has 3 aromatic carbocycles. The van der Waals surface area contributed by atoms with Crippen LogP contribution in [0.4, 0.5) is 0 Å². The summed E-state index contributed by atoms with van der Waals surface area (Å²) in [5.74, 6) is 0.400. The van der Waals surface area contributed by atoms with Gasteiger partial charge < -0.3 is 14.3 Å². The largest absolute Gasteiger partial charge is 0.508 e. The van der Waals surface area contributed by atoms with Gasteiger partial charge in [-0.1, -0.05) is 75.5 Å². The van der Waals surface area contributed by atoms with Crippen molar-refractivity contribution in [2.75, 3.05) is 0 Å². The van der Waals surface area contributed by atoms with E-state index in [1.807, 2.05) is 42.5 Å². The zero-order chi connectivity index (χ0) is 28.1. The molecule has 0 radical (unpaired) electrons. The third-order valence-corrected chi connectivity index (χ3v) is 16.5. The van der Waals surface area contributed by atoms with Crippen LogP contribution in [0, 0.1) is 0 Å². The van der Waals surface area contributed by atoms with Gasteiger partial charge in [-0.25, -0.2) is 4.79 Å². The highest BCUT2D eigenvalue weighted by Crippen LogP contribution is 2.41. The second-order valence-corrected chi connectivity index (χ2v) is 20.0. The fourth-order valence-corrected chi connectivity index (χ4v) is 13.3. The summed E-state index contributed by atoms with van der Waals surface area (Å²) in [5.41, 5.74) is 1.93. The molecule has 1 unspecified atom stereocenters. The molecule has 0 bridgehead atoms. The van der Waals surface area contributed by atoms with Crippen molar-refractivity contribution < 1.29 is 23.9 Å². The maximum absolute atomic E-state index is 13.0. The minimum absolute atomic E-state index is 0.0731. The lowest BCUT2D eigenvalue weighted by molar-refractivity contribution is 0.0731. The van der Waals surface area contributed by atoms with Crippen LogP contribution in [-0.4, -0.2) is 39.0 Å². The molecule has 0 aliphatic rings. The Bertz CT molecular complexity index is 1270. The second kappa shape index (κ2) is 11.8. The number of carbonyl (C=O) groups is 2. The van der Waals surface area contributed by atoms with Crippen LogP contribution >= 0.6 is 0 Å². The van der Waals surface area contributed by atoms with Crippen LogP contribution in [0.3, 0.4) is 0 Å². The Kier molecular flexibility index (Phi) is 9.18. The van der Waals surface area contributed by atoms with Crippen molar-refractivity contribution in [2.45, 2.75) is 70.6 Å². The fourth-order valence-electron chi connectivity index (χ4n) is 5.38. The molecule has 2 atom stereocenters. The first-order valence-electron chi connectivity index (χ1n) is 13.2. The number of esters is 1. The zero-order valence-electron chi connectivity index (χ0n) is 23.6. The van der Waals surface area contributed by atoms with Crippen LogP contribution in [0.25, 0.3) is 0 Å². The molecule has 0 saturated heterocycles. The van der Waals surface area contributed by atoms with Crippen LogP contribution in [0.2, 0.25) is 26.2 Å². The van der Waals surface area contributed by atoms with E-state index >= 15 is 0 Å². The number of hydrogen-bond donors (Lipinski definition) is 1. The van der Waals surface area contributed by atoms with Gasteiger partial charge in [0, 0.05) is 16.3 Å². The van der Waals surface area contributed by atoms with Gasteiger partial charge in [0.2, 0.25) is 0 Å². The number of hydrogen-bond acceptors (Lipinski definition) is 5. The van der Waals surface area contributed by atoms with Gasteiger partial charge >= 0.3 is 5.97 Å². The van der Waals surface area contributed by atoms with E-state index in [9.17, 15) is 14.7 Å². The Morgan fingerprint density at radius 3 is 2.13 bits per heavy atom. The summed E-state index contributed by atoms with van der Waals surface area (Å²) < 4.78 is 13.1. The van der Waals surface area contributed by atoms with E-state index in [1.54, 1.807) is 30.3 Å². The molecular formula is C31H40O5Si2. The number of carbonyl (C=O) groups excluding carboxylic acids is 2. The molecule has 0 aliphatic carbocycles. The molecule has 0 saturated carbocycles. The number of benzene rings is 3.